The number of hydrogen-bond donors (Lipinski definition) is 1. The van der Waals surface area contributed by atoms with Crippen molar-refractivity contribution in [3.63, 3.8) is 0 Å². The highest BCUT2D eigenvalue weighted by atomic mass is 16.3. The number of amides is 1. The molecule has 0 radical (unpaired) electrons. The summed E-state index contributed by atoms with van der Waals surface area (Å²) < 4.78 is 2.02. The molecule has 0 aliphatic carbocycles. The van der Waals surface area contributed by atoms with E-state index in [1.54, 1.807) is 4.90 Å². The van der Waals surface area contributed by atoms with Gasteiger partial charge in [-0.15, -0.1) is 0 Å². The SMILES string of the molecule is Cn1ccc2cc(C(=O)N3CC(O)C3)ccc21. The smallest absolute Gasteiger partial charge is 0.254 e. The third-order valence-corrected chi connectivity index (χ3v) is 3.28. The normalized spacial score (nSPS) is 16.2. The zero-order valence-corrected chi connectivity index (χ0v) is 9.63. The van der Waals surface area contributed by atoms with E-state index in [-0.39, 0.29) is 12.0 Å². The summed E-state index contributed by atoms with van der Waals surface area (Å²) in [7, 11) is 1.98. The van der Waals surface area contributed by atoms with Crippen molar-refractivity contribution in [2.24, 2.45) is 7.05 Å². The second-order valence-corrected chi connectivity index (χ2v) is 4.56. The summed E-state index contributed by atoms with van der Waals surface area (Å²) in [4.78, 5) is 13.7. The Balaban J connectivity index is 1.92. The quantitative estimate of drug-likeness (QED) is 0.794. The van der Waals surface area contributed by atoms with Crippen LogP contribution in [0.1, 0.15) is 10.4 Å². The van der Waals surface area contributed by atoms with Gasteiger partial charge in [-0.3, -0.25) is 4.79 Å². The minimum absolute atomic E-state index is 0.000975. The van der Waals surface area contributed by atoms with Crippen LogP contribution in [0, 0.1) is 0 Å². The van der Waals surface area contributed by atoms with Crippen LogP contribution in [0.3, 0.4) is 0 Å². The number of hydrogen-bond acceptors (Lipinski definition) is 2. The molecule has 0 atom stereocenters. The standard InChI is InChI=1S/C13H14N2O2/c1-14-5-4-9-6-10(2-3-12(9)14)13(17)15-7-11(16)8-15/h2-6,11,16H,7-8H2,1H3. The summed E-state index contributed by atoms with van der Waals surface area (Å²) in [5, 5.41) is 10.3. The largest absolute Gasteiger partial charge is 0.389 e. The molecule has 0 unspecified atom stereocenters. The number of aliphatic hydroxyl groups excluding tert-OH is 1. The summed E-state index contributed by atoms with van der Waals surface area (Å²) >= 11 is 0. The molecule has 1 N–H and O–H groups in total. The van der Waals surface area contributed by atoms with Crippen LogP contribution in [0.5, 0.6) is 0 Å². The number of benzene rings is 1. The highest BCUT2D eigenvalue weighted by Crippen LogP contribution is 2.19. The molecule has 17 heavy (non-hydrogen) atoms. The van der Waals surface area contributed by atoms with Gasteiger partial charge in [-0.25, -0.2) is 0 Å². The maximum atomic E-state index is 12.0. The molecule has 1 aliphatic rings. The number of carbonyl (C=O) groups is 1. The van der Waals surface area contributed by atoms with E-state index < -0.39 is 0 Å². The lowest BCUT2D eigenvalue weighted by molar-refractivity contribution is 0.00591. The third kappa shape index (κ3) is 1.61. The lowest BCUT2D eigenvalue weighted by Gasteiger charge is -2.35. The first-order valence-electron chi connectivity index (χ1n) is 5.67. The first kappa shape index (κ1) is 10.4. The van der Waals surface area contributed by atoms with E-state index in [2.05, 4.69) is 0 Å². The average Bonchev–Trinajstić information content (AvgIpc) is 2.66. The summed E-state index contributed by atoms with van der Waals surface area (Å²) in [5.74, 6) is 0.000975. The minimum Gasteiger partial charge on any atom is -0.389 e. The number of likely N-dealkylation sites (tertiary alicyclic amines) is 1. The molecule has 88 valence electrons. The van der Waals surface area contributed by atoms with Crippen molar-refractivity contribution >= 4 is 16.8 Å². The van der Waals surface area contributed by atoms with Gasteiger partial charge in [0.05, 0.1) is 6.10 Å². The van der Waals surface area contributed by atoms with Crippen molar-refractivity contribution in [3.05, 3.63) is 36.0 Å². The molecular formula is C13H14N2O2. The molecule has 1 aromatic heterocycles. The first-order valence-corrected chi connectivity index (χ1v) is 5.67. The van der Waals surface area contributed by atoms with Crippen molar-refractivity contribution in [2.75, 3.05) is 13.1 Å². The van der Waals surface area contributed by atoms with Gasteiger partial charge in [0.2, 0.25) is 0 Å². The van der Waals surface area contributed by atoms with Gasteiger partial charge in [-0.05, 0) is 24.3 Å². The van der Waals surface area contributed by atoms with Crippen LogP contribution in [-0.4, -0.2) is 39.7 Å². The van der Waals surface area contributed by atoms with Gasteiger partial charge in [-0.2, -0.15) is 0 Å². The molecular weight excluding hydrogens is 216 g/mol. The number of aromatic nitrogens is 1. The molecule has 1 aromatic carbocycles. The average molecular weight is 230 g/mol. The number of rotatable bonds is 1. The van der Waals surface area contributed by atoms with Crippen molar-refractivity contribution in [3.8, 4) is 0 Å². The number of β-amino-alcohol motifs (C(OH)–C–C–N with tert-alkyl or cyclic N) is 1. The van der Waals surface area contributed by atoms with Gasteiger partial charge in [0.25, 0.3) is 5.91 Å². The van der Waals surface area contributed by atoms with Crippen LogP contribution in [0.2, 0.25) is 0 Å². The van der Waals surface area contributed by atoms with Crippen molar-refractivity contribution in [1.29, 1.82) is 0 Å². The van der Waals surface area contributed by atoms with Crippen LogP contribution in [0.15, 0.2) is 30.5 Å². The summed E-state index contributed by atoms with van der Waals surface area (Å²) in [6, 6.07) is 7.70. The molecule has 1 saturated heterocycles. The van der Waals surface area contributed by atoms with Gasteiger partial charge in [0, 0.05) is 42.8 Å². The maximum absolute atomic E-state index is 12.0. The summed E-state index contributed by atoms with van der Waals surface area (Å²) in [5.41, 5.74) is 1.81. The number of fused-ring (bicyclic) bond motifs is 1. The van der Waals surface area contributed by atoms with Gasteiger partial charge in [0.15, 0.2) is 0 Å². The van der Waals surface area contributed by atoms with Crippen molar-refractivity contribution in [1.82, 2.24) is 9.47 Å². The Labute approximate surface area is 99.1 Å². The number of aryl methyl sites for hydroxylation is 1. The Bertz CT molecular complexity index is 582. The Morgan fingerprint density at radius 1 is 1.35 bits per heavy atom. The Kier molecular flexibility index (Phi) is 2.19. The maximum Gasteiger partial charge on any atom is 0.254 e. The van der Waals surface area contributed by atoms with E-state index in [1.165, 1.54) is 0 Å². The van der Waals surface area contributed by atoms with Crippen LogP contribution < -0.4 is 0 Å². The third-order valence-electron chi connectivity index (χ3n) is 3.28. The number of carbonyl (C=O) groups excluding carboxylic acids is 1. The lowest BCUT2D eigenvalue weighted by atomic mass is 10.1. The van der Waals surface area contributed by atoms with E-state index in [4.69, 9.17) is 0 Å². The van der Waals surface area contributed by atoms with Gasteiger partial charge >= 0.3 is 0 Å². The molecule has 4 nitrogen and oxygen atoms in total. The molecule has 1 fully saturated rings. The number of nitrogens with zero attached hydrogens (tertiary/aromatic N) is 2. The number of aliphatic hydroxyl groups is 1. The lowest BCUT2D eigenvalue weighted by Crippen LogP contribution is -2.53. The summed E-state index contributed by atoms with van der Waals surface area (Å²) in [6.07, 6.45) is 1.63. The van der Waals surface area contributed by atoms with E-state index in [9.17, 15) is 9.90 Å². The van der Waals surface area contributed by atoms with E-state index >= 15 is 0 Å². The van der Waals surface area contributed by atoms with Gasteiger partial charge < -0.3 is 14.6 Å². The van der Waals surface area contributed by atoms with Crippen LogP contribution >= 0.6 is 0 Å². The summed E-state index contributed by atoms with van der Waals surface area (Å²) in [6.45, 7) is 0.900. The van der Waals surface area contributed by atoms with Crippen molar-refractivity contribution < 1.29 is 9.90 Å². The fourth-order valence-corrected chi connectivity index (χ4v) is 2.22. The molecule has 3 rings (SSSR count). The zero-order valence-electron chi connectivity index (χ0n) is 9.63. The highest BCUT2D eigenvalue weighted by Gasteiger charge is 2.29. The van der Waals surface area contributed by atoms with E-state index in [0.29, 0.717) is 18.7 Å². The molecule has 1 amide bonds. The topological polar surface area (TPSA) is 45.5 Å². The van der Waals surface area contributed by atoms with Gasteiger partial charge in [-0.1, -0.05) is 0 Å². The fraction of sp³-hybridized carbons (Fsp3) is 0.308. The predicted octanol–water partition coefficient (Wildman–Crippen LogP) is 0.995. The van der Waals surface area contributed by atoms with Crippen molar-refractivity contribution in [2.45, 2.75) is 6.10 Å². The predicted molar refractivity (Wildman–Crippen MR) is 64.8 cm³/mol. The zero-order chi connectivity index (χ0) is 12.0. The molecule has 4 heteroatoms. The molecule has 0 bridgehead atoms. The van der Waals surface area contributed by atoms with Crippen LogP contribution in [0.25, 0.3) is 10.9 Å². The Morgan fingerprint density at radius 3 is 2.82 bits per heavy atom. The fourth-order valence-electron chi connectivity index (χ4n) is 2.22. The van der Waals surface area contributed by atoms with E-state index in [0.717, 1.165) is 10.9 Å². The highest BCUT2D eigenvalue weighted by molar-refractivity contribution is 5.98. The van der Waals surface area contributed by atoms with Gasteiger partial charge in [0.1, 0.15) is 0 Å². The second-order valence-electron chi connectivity index (χ2n) is 4.56. The van der Waals surface area contributed by atoms with Crippen LogP contribution in [-0.2, 0) is 7.05 Å². The minimum atomic E-state index is -0.348. The molecule has 1 aliphatic heterocycles. The molecule has 0 spiro atoms. The second kappa shape index (κ2) is 3.60. The Morgan fingerprint density at radius 2 is 2.12 bits per heavy atom. The Hall–Kier alpha value is -1.81. The van der Waals surface area contributed by atoms with E-state index in [1.807, 2.05) is 42.1 Å². The molecule has 2 heterocycles. The molecule has 0 saturated carbocycles. The first-order chi connectivity index (χ1) is 8.15. The monoisotopic (exact) mass is 230 g/mol. The molecule has 2 aromatic rings. The van der Waals surface area contributed by atoms with Crippen LogP contribution in [0.4, 0.5) is 0 Å².